The van der Waals surface area contributed by atoms with Crippen molar-refractivity contribution in [2.45, 2.75) is 19.4 Å². The third kappa shape index (κ3) is 2.82. The first-order valence-electron chi connectivity index (χ1n) is 5.94. The van der Waals surface area contributed by atoms with Gasteiger partial charge in [0.2, 0.25) is 0 Å². The molecule has 104 valence electrons. The Kier molecular flexibility index (Phi) is 3.97. The van der Waals surface area contributed by atoms with Crippen molar-refractivity contribution in [1.29, 1.82) is 0 Å². The number of hydrogen-bond acceptors (Lipinski definition) is 2. The predicted molar refractivity (Wildman–Crippen MR) is 74.4 cm³/mol. The lowest BCUT2D eigenvalue weighted by atomic mass is 10.0. The molecule has 0 radical (unpaired) electrons. The van der Waals surface area contributed by atoms with Gasteiger partial charge in [-0.25, -0.2) is 4.39 Å². The van der Waals surface area contributed by atoms with Gasteiger partial charge in [0.1, 0.15) is 5.82 Å². The Bertz CT molecular complexity index is 547. The molecule has 1 heterocycles. The highest BCUT2D eigenvalue weighted by Gasteiger charge is 2.37. The maximum Gasteiger partial charge on any atom is 0.255 e. The van der Waals surface area contributed by atoms with Crippen LogP contribution in [-0.2, 0) is 10.8 Å². The first-order valence-corrected chi connectivity index (χ1v) is 7.80. The molecular weight excluding hydrogens is 289 g/mol. The van der Waals surface area contributed by atoms with Crippen LogP contribution in [-0.4, -0.2) is 38.6 Å². The van der Waals surface area contributed by atoms with Gasteiger partial charge in [0.15, 0.2) is 0 Å². The van der Waals surface area contributed by atoms with Crippen molar-refractivity contribution in [2.75, 3.05) is 18.1 Å². The Morgan fingerprint density at radius 1 is 1.47 bits per heavy atom. The molecule has 1 aliphatic heterocycles. The standard InChI is InChI=1S/C13H15ClFNO2S/c1-13(2)8-19(18)7-6-16(13)12(17)9-4-3-5-10(15)11(9)14/h3-5H,6-8H2,1-2H3. The fourth-order valence-electron chi connectivity index (χ4n) is 2.23. The monoisotopic (exact) mass is 303 g/mol. The lowest BCUT2D eigenvalue weighted by Crippen LogP contribution is -2.56. The minimum absolute atomic E-state index is 0.155. The van der Waals surface area contributed by atoms with Crippen LogP contribution in [0.4, 0.5) is 4.39 Å². The molecule has 3 nitrogen and oxygen atoms in total. The Balaban J connectivity index is 2.34. The van der Waals surface area contributed by atoms with Crippen molar-refractivity contribution in [1.82, 2.24) is 4.90 Å². The van der Waals surface area contributed by atoms with Crippen LogP contribution in [0.5, 0.6) is 0 Å². The van der Waals surface area contributed by atoms with E-state index in [-0.39, 0.29) is 16.5 Å². The summed E-state index contributed by atoms with van der Waals surface area (Å²) in [4.78, 5) is 14.1. The summed E-state index contributed by atoms with van der Waals surface area (Å²) in [6.07, 6.45) is 0. The fraction of sp³-hybridized carbons (Fsp3) is 0.462. The number of halogens is 2. The zero-order valence-corrected chi connectivity index (χ0v) is 12.4. The molecule has 1 fully saturated rings. The summed E-state index contributed by atoms with van der Waals surface area (Å²) >= 11 is 5.85. The molecule has 1 aliphatic rings. The van der Waals surface area contributed by atoms with Crippen molar-refractivity contribution in [3.8, 4) is 0 Å². The zero-order valence-electron chi connectivity index (χ0n) is 10.8. The molecule has 0 spiro atoms. The Hall–Kier alpha value is -0.940. The first-order chi connectivity index (χ1) is 8.83. The van der Waals surface area contributed by atoms with Crippen LogP contribution in [0.1, 0.15) is 24.2 Å². The van der Waals surface area contributed by atoms with Crippen LogP contribution in [0.25, 0.3) is 0 Å². The van der Waals surface area contributed by atoms with Gasteiger partial charge >= 0.3 is 0 Å². The van der Waals surface area contributed by atoms with Crippen molar-refractivity contribution in [3.05, 3.63) is 34.6 Å². The van der Waals surface area contributed by atoms with Gasteiger partial charge in [0.05, 0.1) is 10.6 Å². The van der Waals surface area contributed by atoms with E-state index in [0.717, 1.165) is 0 Å². The normalized spacial score (nSPS) is 22.3. The van der Waals surface area contributed by atoms with E-state index < -0.39 is 22.2 Å². The number of rotatable bonds is 1. The topological polar surface area (TPSA) is 37.4 Å². The van der Waals surface area contributed by atoms with Crippen LogP contribution in [0, 0.1) is 5.82 Å². The molecule has 1 amide bonds. The summed E-state index contributed by atoms with van der Waals surface area (Å²) in [6, 6.07) is 4.19. The maximum atomic E-state index is 13.4. The summed E-state index contributed by atoms with van der Waals surface area (Å²) in [7, 11) is -0.914. The predicted octanol–water partition coefficient (Wildman–Crippen LogP) is 2.46. The highest BCUT2D eigenvalue weighted by Crippen LogP contribution is 2.27. The van der Waals surface area contributed by atoms with Gasteiger partial charge in [0.25, 0.3) is 5.91 Å². The molecule has 1 unspecified atom stereocenters. The molecular formula is C13H15ClFNO2S. The lowest BCUT2D eigenvalue weighted by molar-refractivity contribution is 0.0594. The minimum atomic E-state index is -0.914. The van der Waals surface area contributed by atoms with E-state index in [9.17, 15) is 13.4 Å². The molecule has 0 saturated carbocycles. The summed E-state index contributed by atoms with van der Waals surface area (Å²) in [5.41, 5.74) is -0.363. The van der Waals surface area contributed by atoms with E-state index in [1.807, 2.05) is 13.8 Å². The van der Waals surface area contributed by atoms with Crippen molar-refractivity contribution in [3.63, 3.8) is 0 Å². The van der Waals surface area contributed by atoms with Gasteiger partial charge in [-0.3, -0.25) is 9.00 Å². The van der Waals surface area contributed by atoms with E-state index in [1.54, 1.807) is 4.90 Å². The molecule has 0 bridgehead atoms. The Labute approximate surface area is 119 Å². The maximum absolute atomic E-state index is 13.4. The average molecular weight is 304 g/mol. The number of nitrogens with zero attached hydrogens (tertiary/aromatic N) is 1. The second kappa shape index (κ2) is 5.21. The number of carbonyl (C=O) groups is 1. The van der Waals surface area contributed by atoms with Crippen molar-refractivity contribution < 1.29 is 13.4 Å². The third-order valence-electron chi connectivity index (χ3n) is 3.21. The van der Waals surface area contributed by atoms with Gasteiger partial charge in [-0.2, -0.15) is 0 Å². The molecule has 1 saturated heterocycles. The zero-order chi connectivity index (χ0) is 14.2. The summed E-state index contributed by atoms with van der Waals surface area (Å²) < 4.78 is 25.0. The lowest BCUT2D eigenvalue weighted by Gasteiger charge is -2.42. The van der Waals surface area contributed by atoms with Gasteiger partial charge in [-0.05, 0) is 26.0 Å². The number of carbonyl (C=O) groups excluding carboxylic acids is 1. The molecule has 2 rings (SSSR count). The number of amides is 1. The van der Waals surface area contributed by atoms with Crippen LogP contribution in [0.2, 0.25) is 5.02 Å². The van der Waals surface area contributed by atoms with E-state index in [1.165, 1.54) is 18.2 Å². The van der Waals surface area contributed by atoms with Crippen LogP contribution in [0.3, 0.4) is 0 Å². The smallest absolute Gasteiger partial charge is 0.255 e. The van der Waals surface area contributed by atoms with Crippen LogP contribution >= 0.6 is 11.6 Å². The highest BCUT2D eigenvalue weighted by atomic mass is 35.5. The van der Waals surface area contributed by atoms with Gasteiger partial charge < -0.3 is 4.90 Å². The Morgan fingerprint density at radius 3 is 2.79 bits per heavy atom. The van der Waals surface area contributed by atoms with Crippen molar-refractivity contribution in [2.24, 2.45) is 0 Å². The molecule has 1 aromatic carbocycles. The Morgan fingerprint density at radius 2 is 2.16 bits per heavy atom. The largest absolute Gasteiger partial charge is 0.332 e. The van der Waals surface area contributed by atoms with Crippen LogP contribution < -0.4 is 0 Å². The molecule has 0 N–H and O–H groups in total. The molecule has 0 aromatic heterocycles. The molecule has 19 heavy (non-hydrogen) atoms. The molecule has 6 heteroatoms. The first kappa shape index (κ1) is 14.5. The molecule has 1 atom stereocenters. The van der Waals surface area contributed by atoms with Gasteiger partial charge in [-0.15, -0.1) is 0 Å². The second-order valence-electron chi connectivity index (χ2n) is 5.16. The highest BCUT2D eigenvalue weighted by molar-refractivity contribution is 7.85. The fourth-order valence-corrected chi connectivity index (χ4v) is 3.91. The number of hydrogen-bond donors (Lipinski definition) is 0. The quantitative estimate of drug-likeness (QED) is 0.799. The minimum Gasteiger partial charge on any atom is -0.332 e. The summed E-state index contributed by atoms with van der Waals surface area (Å²) in [5.74, 6) is -0.0505. The summed E-state index contributed by atoms with van der Waals surface area (Å²) in [6.45, 7) is 4.11. The van der Waals surface area contributed by atoms with E-state index in [4.69, 9.17) is 11.6 Å². The third-order valence-corrected chi connectivity index (χ3v) is 5.27. The summed E-state index contributed by atoms with van der Waals surface area (Å²) in [5, 5.41) is -0.157. The van der Waals surface area contributed by atoms with E-state index >= 15 is 0 Å². The van der Waals surface area contributed by atoms with Crippen molar-refractivity contribution >= 4 is 28.3 Å². The molecule has 1 aromatic rings. The second-order valence-corrected chi connectivity index (χ2v) is 7.11. The molecule has 0 aliphatic carbocycles. The van der Waals surface area contributed by atoms with Gasteiger partial charge in [0, 0.05) is 34.4 Å². The van der Waals surface area contributed by atoms with Gasteiger partial charge in [-0.1, -0.05) is 17.7 Å². The SMILES string of the molecule is CC1(C)CS(=O)CCN1C(=O)c1cccc(F)c1Cl. The number of benzene rings is 1. The van der Waals surface area contributed by atoms with E-state index in [0.29, 0.717) is 18.1 Å². The van der Waals surface area contributed by atoms with Crippen LogP contribution in [0.15, 0.2) is 18.2 Å². The average Bonchev–Trinajstić information content (AvgIpc) is 2.30. The van der Waals surface area contributed by atoms with E-state index in [2.05, 4.69) is 0 Å².